The van der Waals surface area contributed by atoms with Gasteiger partial charge in [-0.25, -0.2) is 0 Å². The van der Waals surface area contributed by atoms with Crippen LogP contribution >= 0.6 is 11.3 Å². The Morgan fingerprint density at radius 1 is 1.42 bits per heavy atom. The van der Waals surface area contributed by atoms with Crippen molar-refractivity contribution in [2.24, 2.45) is 5.73 Å². The van der Waals surface area contributed by atoms with Gasteiger partial charge in [-0.15, -0.1) is 11.3 Å². The summed E-state index contributed by atoms with van der Waals surface area (Å²) in [5.41, 5.74) is 7.80. The Bertz CT molecular complexity index is 775. The van der Waals surface area contributed by atoms with Crippen LogP contribution in [0.25, 0.3) is 0 Å². The van der Waals surface area contributed by atoms with Crippen LogP contribution in [-0.4, -0.2) is 45.6 Å². The fourth-order valence-corrected chi connectivity index (χ4v) is 3.75. The number of amides is 2. The van der Waals surface area contributed by atoms with E-state index in [0.717, 1.165) is 24.5 Å². The summed E-state index contributed by atoms with van der Waals surface area (Å²) >= 11 is 1.30. The molecule has 3 N–H and O–H groups in total. The van der Waals surface area contributed by atoms with Gasteiger partial charge in [0, 0.05) is 18.8 Å². The van der Waals surface area contributed by atoms with Crippen molar-refractivity contribution in [3.8, 4) is 0 Å². The third kappa shape index (κ3) is 3.07. The number of nitrogens with two attached hydrogens (primary N) is 1. The van der Waals surface area contributed by atoms with E-state index in [4.69, 9.17) is 5.73 Å². The van der Waals surface area contributed by atoms with Gasteiger partial charge in [-0.3, -0.25) is 19.2 Å². The predicted molar refractivity (Wildman–Crippen MR) is 93.2 cm³/mol. The highest BCUT2D eigenvalue weighted by Gasteiger charge is 2.35. The Kier molecular flexibility index (Phi) is 4.42. The van der Waals surface area contributed by atoms with Crippen molar-refractivity contribution in [1.29, 1.82) is 0 Å². The van der Waals surface area contributed by atoms with Gasteiger partial charge < -0.3 is 11.1 Å². The van der Waals surface area contributed by atoms with Gasteiger partial charge in [0.15, 0.2) is 0 Å². The molecule has 1 aliphatic rings. The monoisotopic (exact) mass is 347 g/mol. The molecule has 128 valence electrons. The van der Waals surface area contributed by atoms with E-state index in [9.17, 15) is 9.59 Å². The molecule has 0 aromatic carbocycles. The molecule has 1 saturated heterocycles. The molecule has 1 aliphatic heterocycles. The number of carbonyl (C=O) groups is 2. The lowest BCUT2D eigenvalue weighted by atomic mass is 10.1. The minimum atomic E-state index is -0.534. The Morgan fingerprint density at radius 2 is 2.12 bits per heavy atom. The molecule has 8 heteroatoms. The topological polar surface area (TPSA) is 93.3 Å². The maximum Gasteiger partial charge on any atom is 0.251 e. The molecule has 3 heterocycles. The number of hydrogen-bond donors (Lipinski definition) is 2. The van der Waals surface area contributed by atoms with Crippen LogP contribution in [-0.2, 0) is 4.79 Å². The largest absolute Gasteiger partial charge is 0.366 e. The van der Waals surface area contributed by atoms with Crippen LogP contribution in [0.2, 0.25) is 0 Å². The molecular formula is C16H21N5O2S. The highest BCUT2D eigenvalue weighted by Crippen LogP contribution is 2.27. The van der Waals surface area contributed by atoms with Gasteiger partial charge in [-0.1, -0.05) is 0 Å². The molecular weight excluding hydrogens is 326 g/mol. The minimum absolute atomic E-state index is 0.133. The lowest BCUT2D eigenvalue weighted by Crippen LogP contribution is -2.55. The molecule has 0 saturated carbocycles. The third-order valence-electron chi connectivity index (χ3n) is 4.38. The SMILES string of the molecule is Cc1cc(C)n(C2CN([C@H](C)C(=O)Nc3sccc3C(N)=O)C2)n1. The molecule has 1 atom stereocenters. The molecule has 7 nitrogen and oxygen atoms in total. The number of carbonyl (C=O) groups excluding carboxylic acids is 2. The van der Waals surface area contributed by atoms with Gasteiger partial charge in [-0.05, 0) is 38.3 Å². The number of primary amides is 1. The van der Waals surface area contributed by atoms with E-state index in [1.807, 2.05) is 25.5 Å². The van der Waals surface area contributed by atoms with E-state index in [2.05, 4.69) is 21.4 Å². The average molecular weight is 347 g/mol. The number of nitrogens with one attached hydrogen (secondary N) is 1. The maximum atomic E-state index is 12.4. The zero-order valence-electron chi connectivity index (χ0n) is 13.9. The molecule has 1 fully saturated rings. The number of aryl methyl sites for hydroxylation is 2. The Labute approximate surface area is 144 Å². The summed E-state index contributed by atoms with van der Waals surface area (Å²) in [5.74, 6) is -0.667. The Morgan fingerprint density at radius 3 is 2.71 bits per heavy atom. The summed E-state index contributed by atoms with van der Waals surface area (Å²) in [4.78, 5) is 25.8. The fraction of sp³-hybridized carbons (Fsp3) is 0.438. The van der Waals surface area contributed by atoms with E-state index in [0.29, 0.717) is 16.6 Å². The molecule has 24 heavy (non-hydrogen) atoms. The Hall–Kier alpha value is -2.19. The molecule has 2 amide bonds. The predicted octanol–water partition coefficient (Wildman–Crippen LogP) is 1.54. The van der Waals surface area contributed by atoms with Crippen molar-refractivity contribution in [2.45, 2.75) is 32.9 Å². The lowest BCUT2D eigenvalue weighted by Gasteiger charge is -2.42. The van der Waals surface area contributed by atoms with Crippen molar-refractivity contribution < 1.29 is 9.59 Å². The molecule has 3 rings (SSSR count). The summed E-state index contributed by atoms with van der Waals surface area (Å²) in [5, 5.41) is 9.56. The van der Waals surface area contributed by atoms with Gasteiger partial charge in [0.05, 0.1) is 23.3 Å². The van der Waals surface area contributed by atoms with E-state index >= 15 is 0 Å². The van der Waals surface area contributed by atoms with Gasteiger partial charge in [0.1, 0.15) is 5.00 Å². The average Bonchev–Trinajstić information content (AvgIpc) is 3.04. The second-order valence-corrected chi connectivity index (χ2v) is 7.09. The summed E-state index contributed by atoms with van der Waals surface area (Å²) in [6.45, 7) is 7.45. The number of nitrogens with zero attached hydrogens (tertiary/aromatic N) is 3. The van der Waals surface area contributed by atoms with E-state index in [-0.39, 0.29) is 11.9 Å². The number of aromatic nitrogens is 2. The maximum absolute atomic E-state index is 12.4. The molecule has 0 unspecified atom stereocenters. The molecule has 0 radical (unpaired) electrons. The zero-order chi connectivity index (χ0) is 17.4. The second-order valence-electron chi connectivity index (χ2n) is 6.17. The first-order valence-electron chi connectivity index (χ1n) is 7.81. The molecule has 2 aromatic rings. The Balaban J connectivity index is 1.59. The quantitative estimate of drug-likeness (QED) is 0.858. The van der Waals surface area contributed by atoms with Gasteiger partial charge in [-0.2, -0.15) is 5.10 Å². The second kappa shape index (κ2) is 6.37. The highest BCUT2D eigenvalue weighted by atomic mass is 32.1. The van der Waals surface area contributed by atoms with Crippen molar-refractivity contribution in [3.05, 3.63) is 34.5 Å². The summed E-state index contributed by atoms with van der Waals surface area (Å²) in [6.07, 6.45) is 0. The van der Waals surface area contributed by atoms with Crippen molar-refractivity contribution in [2.75, 3.05) is 18.4 Å². The van der Waals surface area contributed by atoms with E-state index in [1.54, 1.807) is 11.4 Å². The first kappa shape index (κ1) is 16.7. The van der Waals surface area contributed by atoms with Crippen LogP contribution in [0.5, 0.6) is 0 Å². The fourth-order valence-electron chi connectivity index (χ4n) is 2.96. The van der Waals surface area contributed by atoms with Crippen LogP contribution < -0.4 is 11.1 Å². The molecule has 0 aliphatic carbocycles. The van der Waals surface area contributed by atoms with E-state index in [1.165, 1.54) is 11.3 Å². The molecule has 0 spiro atoms. The van der Waals surface area contributed by atoms with Crippen LogP contribution in [0, 0.1) is 13.8 Å². The van der Waals surface area contributed by atoms with Crippen molar-refractivity contribution >= 4 is 28.2 Å². The number of anilines is 1. The van der Waals surface area contributed by atoms with Crippen LogP contribution in [0.15, 0.2) is 17.5 Å². The third-order valence-corrected chi connectivity index (χ3v) is 5.21. The van der Waals surface area contributed by atoms with Crippen LogP contribution in [0.1, 0.15) is 34.7 Å². The normalized spacial score (nSPS) is 16.6. The van der Waals surface area contributed by atoms with Gasteiger partial charge in [0.2, 0.25) is 5.91 Å². The summed E-state index contributed by atoms with van der Waals surface area (Å²) < 4.78 is 2.03. The minimum Gasteiger partial charge on any atom is -0.366 e. The number of thiophene rings is 1. The smallest absolute Gasteiger partial charge is 0.251 e. The van der Waals surface area contributed by atoms with Crippen LogP contribution in [0.3, 0.4) is 0 Å². The molecule has 2 aromatic heterocycles. The highest BCUT2D eigenvalue weighted by molar-refractivity contribution is 7.14. The first-order valence-corrected chi connectivity index (χ1v) is 8.69. The first-order chi connectivity index (χ1) is 11.4. The van der Waals surface area contributed by atoms with Crippen molar-refractivity contribution in [1.82, 2.24) is 14.7 Å². The zero-order valence-corrected chi connectivity index (χ0v) is 14.8. The number of hydrogen-bond acceptors (Lipinski definition) is 5. The lowest BCUT2D eigenvalue weighted by molar-refractivity contribution is -0.123. The van der Waals surface area contributed by atoms with Gasteiger partial charge >= 0.3 is 0 Å². The number of rotatable bonds is 5. The summed E-state index contributed by atoms with van der Waals surface area (Å²) in [7, 11) is 0. The molecule has 0 bridgehead atoms. The van der Waals surface area contributed by atoms with Crippen LogP contribution in [0.4, 0.5) is 5.00 Å². The number of likely N-dealkylation sites (tertiary alicyclic amines) is 1. The standard InChI is InChI=1S/C16H21N5O2S/c1-9-6-10(2)21(19-9)12-7-20(8-12)11(3)15(23)18-16-13(14(17)22)4-5-24-16/h4-6,11-12H,7-8H2,1-3H3,(H2,17,22)(H,18,23)/t11-/m1/s1. The van der Waals surface area contributed by atoms with Gasteiger partial charge in [0.25, 0.3) is 5.91 Å². The summed E-state index contributed by atoms with van der Waals surface area (Å²) in [6, 6.07) is 3.70. The van der Waals surface area contributed by atoms with Crippen molar-refractivity contribution in [3.63, 3.8) is 0 Å². The van der Waals surface area contributed by atoms with E-state index < -0.39 is 5.91 Å².